The average molecular weight is 451 g/mol. The minimum absolute atomic E-state index is 0.129. The van der Waals surface area contributed by atoms with Crippen LogP contribution in [0.15, 0.2) is 47.6 Å². The predicted octanol–water partition coefficient (Wildman–Crippen LogP) is 5.08. The van der Waals surface area contributed by atoms with Gasteiger partial charge in [-0.25, -0.2) is 4.39 Å². The number of nitrogens with zero attached hydrogens (tertiary/aromatic N) is 3. The summed E-state index contributed by atoms with van der Waals surface area (Å²) in [5.74, 6) is 2.12. The van der Waals surface area contributed by atoms with E-state index in [1.54, 1.807) is 36.0 Å². The van der Waals surface area contributed by atoms with E-state index in [4.69, 9.17) is 11.6 Å². The first kappa shape index (κ1) is 21.7. The Kier molecular flexibility index (Phi) is 7.57. The molecule has 0 aliphatic carbocycles. The lowest BCUT2D eigenvalue weighted by Crippen LogP contribution is -2.15. The van der Waals surface area contributed by atoms with E-state index in [0.29, 0.717) is 21.6 Å². The Hall–Kier alpha value is -2.03. The number of halogens is 2. The maximum Gasteiger partial charge on any atom is 0.234 e. The first-order valence-electron chi connectivity index (χ1n) is 8.81. The van der Waals surface area contributed by atoms with E-state index < -0.39 is 0 Å². The molecule has 0 aliphatic rings. The molecule has 9 heteroatoms. The van der Waals surface area contributed by atoms with E-state index in [1.165, 1.54) is 23.9 Å². The Morgan fingerprint density at radius 3 is 2.69 bits per heavy atom. The van der Waals surface area contributed by atoms with Crippen LogP contribution in [0.3, 0.4) is 0 Å². The predicted molar refractivity (Wildman–Crippen MR) is 118 cm³/mol. The van der Waals surface area contributed by atoms with Crippen LogP contribution in [0.5, 0.6) is 0 Å². The number of rotatable bonds is 8. The second-order valence-corrected chi connectivity index (χ2v) is 8.74. The van der Waals surface area contributed by atoms with Gasteiger partial charge in [-0.15, -0.1) is 22.0 Å². The zero-order valence-electron chi connectivity index (χ0n) is 16.0. The van der Waals surface area contributed by atoms with Crippen molar-refractivity contribution in [2.45, 2.75) is 23.6 Å². The number of thioether (sulfide) groups is 2. The summed E-state index contributed by atoms with van der Waals surface area (Å²) in [5, 5.41) is 12.5. The molecule has 0 saturated carbocycles. The quantitative estimate of drug-likeness (QED) is 0.485. The van der Waals surface area contributed by atoms with E-state index >= 15 is 0 Å². The maximum atomic E-state index is 13.0. The minimum atomic E-state index is -0.233. The highest BCUT2D eigenvalue weighted by atomic mass is 35.5. The van der Waals surface area contributed by atoms with E-state index in [1.807, 2.05) is 24.6 Å². The van der Waals surface area contributed by atoms with Gasteiger partial charge in [0.1, 0.15) is 11.6 Å². The summed E-state index contributed by atoms with van der Waals surface area (Å²) in [4.78, 5) is 12.3. The van der Waals surface area contributed by atoms with Crippen molar-refractivity contribution >= 4 is 46.7 Å². The number of aromatic nitrogens is 3. The second-order valence-electron chi connectivity index (χ2n) is 6.37. The fraction of sp³-hybridized carbons (Fsp3) is 0.250. The van der Waals surface area contributed by atoms with Gasteiger partial charge in [0, 0.05) is 23.5 Å². The summed E-state index contributed by atoms with van der Waals surface area (Å²) < 4.78 is 14.8. The van der Waals surface area contributed by atoms with Crippen molar-refractivity contribution in [2.24, 2.45) is 7.05 Å². The molecule has 5 nitrogen and oxygen atoms in total. The Labute approximate surface area is 182 Å². The molecule has 2 aromatic carbocycles. The van der Waals surface area contributed by atoms with Crippen molar-refractivity contribution in [2.75, 3.05) is 11.1 Å². The molecule has 0 atom stereocenters. The number of amides is 1. The SMILES string of the molecule is Cc1ccc(Cl)cc1NC(=O)CSc1nnc(CSCc2ccc(F)cc2)n1C. The molecule has 0 unspecified atom stereocenters. The first-order chi connectivity index (χ1) is 13.9. The lowest BCUT2D eigenvalue weighted by atomic mass is 10.2. The standard InChI is InChI=1S/C20H20ClFN4OS2/c1-13-3-6-15(21)9-17(13)23-19(27)12-29-20-25-24-18(26(20)2)11-28-10-14-4-7-16(22)8-5-14/h3-9H,10-12H2,1-2H3,(H,23,27). The number of aryl methyl sites for hydroxylation is 1. The summed E-state index contributed by atoms with van der Waals surface area (Å²) in [6.45, 7) is 1.91. The lowest BCUT2D eigenvalue weighted by molar-refractivity contribution is -0.113. The molecule has 29 heavy (non-hydrogen) atoms. The molecule has 3 rings (SSSR count). The van der Waals surface area contributed by atoms with Crippen molar-refractivity contribution in [3.63, 3.8) is 0 Å². The average Bonchev–Trinajstić information content (AvgIpc) is 3.04. The third kappa shape index (κ3) is 6.22. The van der Waals surface area contributed by atoms with Gasteiger partial charge in [-0.05, 0) is 42.3 Å². The fourth-order valence-electron chi connectivity index (χ4n) is 2.48. The van der Waals surface area contributed by atoms with Crippen LogP contribution in [0.25, 0.3) is 0 Å². The molecule has 0 aliphatic heterocycles. The minimum Gasteiger partial charge on any atom is -0.325 e. The molecule has 1 aromatic heterocycles. The monoisotopic (exact) mass is 450 g/mol. The van der Waals surface area contributed by atoms with E-state index in [9.17, 15) is 9.18 Å². The van der Waals surface area contributed by atoms with Crippen molar-refractivity contribution in [3.8, 4) is 0 Å². The van der Waals surface area contributed by atoms with Gasteiger partial charge in [0.05, 0.1) is 11.5 Å². The zero-order valence-corrected chi connectivity index (χ0v) is 18.4. The third-order valence-electron chi connectivity index (χ3n) is 4.14. The second kappa shape index (κ2) is 10.1. The molecule has 1 N–H and O–H groups in total. The van der Waals surface area contributed by atoms with Gasteiger partial charge in [0.15, 0.2) is 5.16 Å². The number of carbonyl (C=O) groups excluding carboxylic acids is 1. The summed E-state index contributed by atoms with van der Waals surface area (Å²) in [7, 11) is 1.88. The third-order valence-corrected chi connectivity index (χ3v) is 6.40. The number of anilines is 1. The number of hydrogen-bond acceptors (Lipinski definition) is 5. The van der Waals surface area contributed by atoms with Crippen LogP contribution in [0.2, 0.25) is 5.02 Å². The van der Waals surface area contributed by atoms with Crippen LogP contribution >= 0.6 is 35.1 Å². The van der Waals surface area contributed by atoms with Crippen LogP contribution in [0, 0.1) is 12.7 Å². The van der Waals surface area contributed by atoms with Crippen molar-refractivity contribution < 1.29 is 9.18 Å². The number of hydrogen-bond donors (Lipinski definition) is 1. The molecular weight excluding hydrogens is 431 g/mol. The van der Waals surface area contributed by atoms with Crippen molar-refractivity contribution in [1.29, 1.82) is 0 Å². The van der Waals surface area contributed by atoms with Crippen LogP contribution < -0.4 is 5.32 Å². The van der Waals surface area contributed by atoms with Crippen molar-refractivity contribution in [1.82, 2.24) is 14.8 Å². The number of nitrogens with one attached hydrogen (secondary N) is 1. The summed E-state index contributed by atoms with van der Waals surface area (Å²) in [6, 6.07) is 11.9. The first-order valence-corrected chi connectivity index (χ1v) is 11.3. The van der Waals surface area contributed by atoms with Crippen LogP contribution in [0.1, 0.15) is 17.0 Å². The number of benzene rings is 2. The van der Waals surface area contributed by atoms with Gasteiger partial charge >= 0.3 is 0 Å². The lowest BCUT2D eigenvalue weighted by Gasteiger charge is -2.08. The molecule has 3 aromatic rings. The molecule has 0 saturated heterocycles. The van der Waals surface area contributed by atoms with Gasteiger partial charge in [0.25, 0.3) is 0 Å². The molecule has 0 bridgehead atoms. The smallest absolute Gasteiger partial charge is 0.234 e. The van der Waals surface area contributed by atoms with Crippen molar-refractivity contribution in [3.05, 3.63) is 70.3 Å². The number of carbonyl (C=O) groups is 1. The Morgan fingerprint density at radius 2 is 1.93 bits per heavy atom. The van der Waals surface area contributed by atoms with Gasteiger partial charge in [-0.3, -0.25) is 4.79 Å². The maximum absolute atomic E-state index is 13.0. The Morgan fingerprint density at radius 1 is 1.17 bits per heavy atom. The molecule has 0 spiro atoms. The van der Waals surface area contributed by atoms with Gasteiger partial charge in [-0.1, -0.05) is 41.6 Å². The molecule has 1 heterocycles. The summed E-state index contributed by atoms with van der Waals surface area (Å²) in [6.07, 6.45) is 0. The molecule has 0 radical (unpaired) electrons. The fourth-order valence-corrected chi connectivity index (χ4v) is 4.35. The highest BCUT2D eigenvalue weighted by Crippen LogP contribution is 2.23. The largest absolute Gasteiger partial charge is 0.325 e. The highest BCUT2D eigenvalue weighted by Gasteiger charge is 2.12. The van der Waals surface area contributed by atoms with E-state index in [0.717, 1.165) is 22.7 Å². The normalized spacial score (nSPS) is 10.9. The summed E-state index contributed by atoms with van der Waals surface area (Å²) in [5.41, 5.74) is 2.71. The molecule has 152 valence electrons. The molecule has 1 amide bonds. The topological polar surface area (TPSA) is 59.8 Å². The van der Waals surface area contributed by atoms with Gasteiger partial charge < -0.3 is 9.88 Å². The van der Waals surface area contributed by atoms with Crippen LogP contribution in [-0.2, 0) is 23.3 Å². The van der Waals surface area contributed by atoms with E-state index in [2.05, 4.69) is 15.5 Å². The van der Waals surface area contributed by atoms with Gasteiger partial charge in [0.2, 0.25) is 5.91 Å². The molecule has 0 fully saturated rings. The summed E-state index contributed by atoms with van der Waals surface area (Å²) >= 11 is 8.99. The van der Waals surface area contributed by atoms with Crippen LogP contribution in [0.4, 0.5) is 10.1 Å². The van der Waals surface area contributed by atoms with Gasteiger partial charge in [-0.2, -0.15) is 0 Å². The zero-order chi connectivity index (χ0) is 20.8. The highest BCUT2D eigenvalue weighted by molar-refractivity contribution is 7.99. The van der Waals surface area contributed by atoms with Crippen LogP contribution in [-0.4, -0.2) is 26.4 Å². The Bertz CT molecular complexity index is 995. The Balaban J connectivity index is 1.49. The molecular formula is C20H20ClFN4OS2. The van der Waals surface area contributed by atoms with E-state index in [-0.39, 0.29) is 17.5 Å².